The first-order chi connectivity index (χ1) is 21.9. The highest BCUT2D eigenvalue weighted by Gasteiger charge is 2.30. The number of nitrogens with one attached hydrogen (secondary N) is 5. The largest absolute Gasteiger partial charge is 0.497 e. The molecule has 2 heterocycles. The zero-order valence-corrected chi connectivity index (χ0v) is 25.4. The molecule has 232 valence electrons. The summed E-state index contributed by atoms with van der Waals surface area (Å²) in [6.45, 7) is 1.19. The van der Waals surface area contributed by atoms with Crippen LogP contribution in [0.1, 0.15) is 70.0 Å². The van der Waals surface area contributed by atoms with Gasteiger partial charge in [0.05, 0.1) is 12.7 Å². The maximum Gasteiger partial charge on any atom is 0.323 e. The second-order valence-electron chi connectivity index (χ2n) is 11.4. The van der Waals surface area contributed by atoms with Gasteiger partial charge in [-0.2, -0.15) is 0 Å². The van der Waals surface area contributed by atoms with Crippen LogP contribution in [-0.4, -0.2) is 50.0 Å². The Kier molecular flexibility index (Phi) is 8.84. The van der Waals surface area contributed by atoms with E-state index in [1.54, 1.807) is 49.6 Å². The molecule has 1 aromatic heterocycles. The number of benzene rings is 3. The molecule has 0 bridgehead atoms. The topological polar surface area (TPSA) is 134 Å². The summed E-state index contributed by atoms with van der Waals surface area (Å²) in [7, 11) is 3.46. The fourth-order valence-corrected chi connectivity index (χ4v) is 6.01. The first-order valence-corrected chi connectivity index (χ1v) is 15.3. The average Bonchev–Trinajstić information content (AvgIpc) is 3.58. The van der Waals surface area contributed by atoms with Gasteiger partial charge >= 0.3 is 6.03 Å². The van der Waals surface area contributed by atoms with Crippen LogP contribution in [0.25, 0.3) is 17.0 Å². The minimum absolute atomic E-state index is 0.186. The normalized spacial score (nSPS) is 15.5. The summed E-state index contributed by atoms with van der Waals surface area (Å²) >= 11 is 0. The number of Topliss-reactive ketones (excluding diaryl/α,β-unsaturated/α-hetero) is 1. The van der Waals surface area contributed by atoms with Crippen molar-refractivity contribution >= 4 is 46.1 Å². The van der Waals surface area contributed by atoms with Crippen molar-refractivity contribution in [1.82, 2.24) is 15.6 Å². The number of allylic oxidation sites excluding steroid dienone is 1. The number of ether oxygens (including phenoxy) is 2. The standard InChI is InChI=1S/C35H37N5O5/c1-36-16-17-37-34(42)22-8-10-23(11-9-22)38-35(43)39-24-12-15-30-28(18-24)33(41)31(45-30)20-27-26-19-25(44-2)13-14-29(26)40-32(27)21-6-4-3-5-7-21/h8-15,18-21,36,40H,3-7,16-17H2,1-2H3,(H,37,42)(H2,38,39,43)/b31-20-. The maximum atomic E-state index is 13.6. The summed E-state index contributed by atoms with van der Waals surface area (Å²) in [5, 5.41) is 12.3. The number of hydrogen-bond donors (Lipinski definition) is 5. The van der Waals surface area contributed by atoms with Crippen LogP contribution in [0, 0.1) is 0 Å². The van der Waals surface area contributed by atoms with Crippen molar-refractivity contribution in [3.8, 4) is 11.5 Å². The number of amides is 3. The molecule has 5 N–H and O–H groups in total. The van der Waals surface area contributed by atoms with E-state index in [9.17, 15) is 14.4 Å². The van der Waals surface area contributed by atoms with Crippen molar-refractivity contribution in [2.24, 2.45) is 0 Å². The molecule has 0 atom stereocenters. The number of likely N-dealkylation sites (N-methyl/N-ethyl adjacent to an activating group) is 1. The lowest BCUT2D eigenvalue weighted by Crippen LogP contribution is -2.30. The monoisotopic (exact) mass is 607 g/mol. The molecule has 0 saturated heterocycles. The zero-order valence-electron chi connectivity index (χ0n) is 25.4. The van der Waals surface area contributed by atoms with Gasteiger partial charge in [0, 0.05) is 52.2 Å². The molecule has 10 heteroatoms. The van der Waals surface area contributed by atoms with Crippen LogP contribution in [0.15, 0.2) is 66.4 Å². The first-order valence-electron chi connectivity index (χ1n) is 15.3. The average molecular weight is 608 g/mol. The van der Waals surface area contributed by atoms with Crippen LogP contribution < -0.4 is 30.7 Å². The Bertz CT molecular complexity index is 1770. The number of carbonyl (C=O) groups is 3. The molecule has 10 nitrogen and oxygen atoms in total. The lowest BCUT2D eigenvalue weighted by atomic mass is 9.85. The van der Waals surface area contributed by atoms with Gasteiger partial charge in [-0.05, 0) is 92.5 Å². The van der Waals surface area contributed by atoms with E-state index in [2.05, 4.69) is 26.3 Å². The fourth-order valence-electron chi connectivity index (χ4n) is 6.01. The number of ketones is 1. The third-order valence-electron chi connectivity index (χ3n) is 8.36. The van der Waals surface area contributed by atoms with Gasteiger partial charge < -0.3 is 35.7 Å². The van der Waals surface area contributed by atoms with Gasteiger partial charge in [0.2, 0.25) is 5.78 Å². The Hall–Kier alpha value is -5.09. The Morgan fingerprint density at radius 2 is 1.71 bits per heavy atom. The molecule has 45 heavy (non-hydrogen) atoms. The number of urea groups is 1. The van der Waals surface area contributed by atoms with E-state index in [-0.39, 0.29) is 17.4 Å². The SMILES string of the molecule is CNCCNC(=O)c1ccc(NC(=O)Nc2ccc3c(c2)C(=O)/C(=C/c2c(C4CCCCC4)[nH]c4ccc(OC)cc24)O3)cc1. The Balaban J connectivity index is 1.17. The second kappa shape index (κ2) is 13.3. The van der Waals surface area contributed by atoms with E-state index in [4.69, 9.17) is 9.47 Å². The second-order valence-corrected chi connectivity index (χ2v) is 11.4. The van der Waals surface area contributed by atoms with Crippen LogP contribution in [0.4, 0.5) is 16.2 Å². The van der Waals surface area contributed by atoms with Crippen LogP contribution >= 0.6 is 0 Å². The number of methoxy groups -OCH3 is 1. The summed E-state index contributed by atoms with van der Waals surface area (Å²) in [5.74, 6) is 1.38. The molecule has 3 aromatic carbocycles. The Morgan fingerprint density at radius 1 is 0.956 bits per heavy atom. The van der Waals surface area contributed by atoms with Crippen LogP contribution in [-0.2, 0) is 0 Å². The molecule has 1 saturated carbocycles. The molecule has 1 aliphatic carbocycles. The minimum Gasteiger partial charge on any atom is -0.497 e. The molecular formula is C35H37N5O5. The van der Waals surface area contributed by atoms with Gasteiger partial charge in [0.25, 0.3) is 5.91 Å². The van der Waals surface area contributed by atoms with Crippen molar-refractivity contribution in [3.63, 3.8) is 0 Å². The summed E-state index contributed by atoms with van der Waals surface area (Å²) in [5.41, 5.74) is 4.91. The molecule has 1 fully saturated rings. The fraction of sp³-hybridized carbons (Fsp3) is 0.286. The minimum atomic E-state index is -0.479. The number of anilines is 2. The number of hydrogen-bond acceptors (Lipinski definition) is 6. The van der Waals surface area contributed by atoms with Crippen molar-refractivity contribution in [1.29, 1.82) is 0 Å². The highest BCUT2D eigenvalue weighted by Crippen LogP contribution is 2.40. The lowest BCUT2D eigenvalue weighted by Gasteiger charge is -2.21. The van der Waals surface area contributed by atoms with E-state index in [1.807, 2.05) is 31.3 Å². The van der Waals surface area contributed by atoms with Gasteiger partial charge in [-0.25, -0.2) is 4.79 Å². The van der Waals surface area contributed by atoms with Gasteiger partial charge in [-0.3, -0.25) is 9.59 Å². The summed E-state index contributed by atoms with van der Waals surface area (Å²) in [4.78, 5) is 42.2. The van der Waals surface area contributed by atoms with Crippen molar-refractivity contribution in [2.45, 2.75) is 38.0 Å². The molecule has 1 aliphatic heterocycles. The molecule has 6 rings (SSSR count). The quantitative estimate of drug-likeness (QED) is 0.110. The third kappa shape index (κ3) is 6.56. The van der Waals surface area contributed by atoms with E-state index >= 15 is 0 Å². The lowest BCUT2D eigenvalue weighted by molar-refractivity contribution is 0.0953. The van der Waals surface area contributed by atoms with Gasteiger partial charge in [-0.1, -0.05) is 19.3 Å². The number of aromatic amines is 1. The molecule has 0 radical (unpaired) electrons. The van der Waals surface area contributed by atoms with Crippen LogP contribution in [0.5, 0.6) is 11.5 Å². The molecular weight excluding hydrogens is 570 g/mol. The molecule has 2 aliphatic rings. The molecule has 0 unspecified atom stereocenters. The molecule has 4 aromatic rings. The summed E-state index contributed by atoms with van der Waals surface area (Å²) < 4.78 is 11.6. The predicted molar refractivity (Wildman–Crippen MR) is 175 cm³/mol. The van der Waals surface area contributed by atoms with Gasteiger partial charge in [0.1, 0.15) is 11.5 Å². The smallest absolute Gasteiger partial charge is 0.323 e. The predicted octanol–water partition coefficient (Wildman–Crippen LogP) is 6.43. The highest BCUT2D eigenvalue weighted by molar-refractivity contribution is 6.16. The van der Waals surface area contributed by atoms with E-state index in [0.29, 0.717) is 47.3 Å². The Morgan fingerprint density at radius 3 is 2.47 bits per heavy atom. The van der Waals surface area contributed by atoms with E-state index in [0.717, 1.165) is 40.8 Å². The first kappa shape index (κ1) is 30.0. The van der Waals surface area contributed by atoms with Crippen molar-refractivity contribution in [3.05, 3.63) is 88.8 Å². The van der Waals surface area contributed by atoms with Gasteiger partial charge in [0.15, 0.2) is 5.76 Å². The van der Waals surface area contributed by atoms with Crippen molar-refractivity contribution < 1.29 is 23.9 Å². The number of rotatable bonds is 9. The summed E-state index contributed by atoms with van der Waals surface area (Å²) in [6.07, 6.45) is 7.65. The molecule has 0 spiro atoms. The van der Waals surface area contributed by atoms with Crippen LogP contribution in [0.2, 0.25) is 0 Å². The number of fused-ring (bicyclic) bond motifs is 2. The summed E-state index contributed by atoms with van der Waals surface area (Å²) in [6, 6.07) is 17.1. The zero-order chi connectivity index (χ0) is 31.3. The number of carbonyl (C=O) groups excluding carboxylic acids is 3. The van der Waals surface area contributed by atoms with E-state index < -0.39 is 6.03 Å². The van der Waals surface area contributed by atoms with Crippen LogP contribution in [0.3, 0.4) is 0 Å². The maximum absolute atomic E-state index is 13.6. The highest BCUT2D eigenvalue weighted by atomic mass is 16.5. The number of aromatic nitrogens is 1. The number of H-pyrrole nitrogens is 1. The molecule has 3 amide bonds. The Labute approximate surface area is 261 Å². The van der Waals surface area contributed by atoms with Gasteiger partial charge in [-0.15, -0.1) is 0 Å². The van der Waals surface area contributed by atoms with Crippen molar-refractivity contribution in [2.75, 3.05) is 37.9 Å². The third-order valence-corrected chi connectivity index (χ3v) is 8.36. The van der Waals surface area contributed by atoms with E-state index in [1.165, 1.54) is 19.3 Å².